The minimum Gasteiger partial charge on any atom is -0.388 e. The van der Waals surface area contributed by atoms with Crippen LogP contribution in [0.25, 0.3) is 0 Å². The smallest absolute Gasteiger partial charge is 0.0894 e. The van der Waals surface area contributed by atoms with E-state index >= 15 is 0 Å². The van der Waals surface area contributed by atoms with E-state index in [1.807, 2.05) is 30.4 Å². The van der Waals surface area contributed by atoms with E-state index in [9.17, 15) is 5.11 Å². The fraction of sp³-hybridized carbons (Fsp3) is 0.556. The molecule has 0 bridgehead atoms. The van der Waals surface area contributed by atoms with E-state index < -0.39 is 6.08 Å². The predicted molar refractivity (Wildman–Crippen MR) is 52.4 cm³/mol. The van der Waals surface area contributed by atoms with Crippen LogP contribution < -0.4 is 0 Å². The molecular weight excluding hydrogens is 170 g/mol. The van der Waals surface area contributed by atoms with Crippen LogP contribution in [0, 0.1) is 0 Å². The Morgan fingerprint density at radius 3 is 3.00 bits per heavy atom. The van der Waals surface area contributed by atoms with Crippen LogP contribution in [0.2, 0.25) is 0 Å². The zero-order valence-corrected chi connectivity index (χ0v) is 8.27. The Morgan fingerprint density at radius 2 is 2.50 bits per heavy atom. The quantitative estimate of drug-likeness (QED) is 0.774. The van der Waals surface area contributed by atoms with Crippen LogP contribution in [0.15, 0.2) is 17.5 Å². The topological polar surface area (TPSA) is 23.5 Å². The molecule has 0 aliphatic heterocycles. The molecule has 1 rings (SSSR count). The van der Waals surface area contributed by atoms with Gasteiger partial charge in [0.25, 0.3) is 0 Å². The van der Waals surface area contributed by atoms with Crippen LogP contribution >= 0.6 is 11.3 Å². The Kier molecular flexibility index (Phi) is 3.15. The lowest BCUT2D eigenvalue weighted by molar-refractivity contribution is 0.158. The number of aliphatic hydroxyl groups is 1. The first kappa shape index (κ1) is 8.23. The third-order valence-electron chi connectivity index (χ3n) is 1.60. The molecule has 1 N–H and O–H groups in total. The second-order valence-electron chi connectivity index (χ2n) is 2.98. The minimum atomic E-state index is -1.42. The fourth-order valence-electron chi connectivity index (χ4n) is 0.895. The number of nitrogens with zero attached hydrogens (tertiary/aromatic N) is 1. The van der Waals surface area contributed by atoms with E-state index in [4.69, 9.17) is 1.37 Å². The molecule has 0 aliphatic carbocycles. The van der Waals surface area contributed by atoms with Gasteiger partial charge < -0.3 is 10.0 Å². The summed E-state index contributed by atoms with van der Waals surface area (Å²) in [6, 6.07) is 3.66. The molecule has 0 spiro atoms. The highest BCUT2D eigenvalue weighted by molar-refractivity contribution is 7.10. The molecule has 0 aromatic carbocycles. The van der Waals surface area contributed by atoms with Gasteiger partial charge in [0.2, 0.25) is 0 Å². The molecular formula is C9H15NOS. The first-order valence-electron chi connectivity index (χ1n) is 4.43. The zero-order valence-electron chi connectivity index (χ0n) is 8.45. The van der Waals surface area contributed by atoms with E-state index in [1.165, 1.54) is 11.3 Å². The minimum absolute atomic E-state index is 0.445. The molecule has 1 aromatic heterocycles. The normalized spacial score (nSPS) is 17.5. The van der Waals surface area contributed by atoms with Crippen molar-refractivity contribution in [2.75, 3.05) is 20.6 Å². The van der Waals surface area contributed by atoms with Crippen molar-refractivity contribution in [3.63, 3.8) is 0 Å². The third kappa shape index (κ3) is 2.93. The predicted octanol–water partition coefficient (Wildman–Crippen LogP) is 1.73. The van der Waals surface area contributed by atoms with Crippen molar-refractivity contribution < 1.29 is 6.48 Å². The van der Waals surface area contributed by atoms with Crippen molar-refractivity contribution in [1.82, 2.24) is 4.90 Å². The SMILES string of the molecule is [2H][C@@](O)(CCN(C)C)c1cccs1. The molecule has 68 valence electrons. The Balaban J connectivity index is 2.56. The lowest BCUT2D eigenvalue weighted by atomic mass is 10.2. The van der Waals surface area contributed by atoms with Crippen LogP contribution in [0.4, 0.5) is 0 Å². The summed E-state index contributed by atoms with van der Waals surface area (Å²) in [6.07, 6.45) is -0.973. The number of hydrogen-bond donors (Lipinski definition) is 1. The average Bonchev–Trinajstić information content (AvgIpc) is 2.53. The number of thiophene rings is 1. The van der Waals surface area contributed by atoms with Crippen LogP contribution in [-0.2, 0) is 0 Å². The molecule has 0 aliphatic rings. The Morgan fingerprint density at radius 1 is 1.75 bits per heavy atom. The van der Waals surface area contributed by atoms with E-state index in [1.54, 1.807) is 6.07 Å². The molecule has 0 amide bonds. The molecule has 0 radical (unpaired) electrons. The van der Waals surface area contributed by atoms with Gasteiger partial charge in [-0.15, -0.1) is 11.3 Å². The Labute approximate surface area is 78.9 Å². The van der Waals surface area contributed by atoms with Crippen molar-refractivity contribution in [3.05, 3.63) is 22.4 Å². The van der Waals surface area contributed by atoms with Gasteiger partial charge in [0.15, 0.2) is 0 Å². The van der Waals surface area contributed by atoms with E-state index in [0.29, 0.717) is 11.3 Å². The van der Waals surface area contributed by atoms with Gasteiger partial charge in [-0.1, -0.05) is 6.07 Å². The lowest BCUT2D eigenvalue weighted by Crippen LogP contribution is -2.15. The van der Waals surface area contributed by atoms with Crippen molar-refractivity contribution in [1.29, 1.82) is 0 Å². The lowest BCUT2D eigenvalue weighted by Gasteiger charge is -2.12. The maximum absolute atomic E-state index is 9.77. The van der Waals surface area contributed by atoms with Crippen molar-refractivity contribution in [2.45, 2.75) is 12.5 Å². The standard InChI is InChI=1S/C9H15NOS/c1-10(2)6-5-8(11)9-4-3-7-12-9/h3-4,7-8,11H,5-6H2,1-2H3/t8-/m1/s1/i8D. The van der Waals surface area contributed by atoms with Gasteiger partial charge in [-0.25, -0.2) is 0 Å². The van der Waals surface area contributed by atoms with Crippen LogP contribution in [0.5, 0.6) is 0 Å². The summed E-state index contributed by atoms with van der Waals surface area (Å²) in [4.78, 5) is 2.68. The second kappa shape index (κ2) is 4.60. The molecule has 1 aromatic rings. The van der Waals surface area contributed by atoms with Crippen LogP contribution in [0.3, 0.4) is 0 Å². The molecule has 0 saturated carbocycles. The van der Waals surface area contributed by atoms with Crippen molar-refractivity contribution in [3.8, 4) is 0 Å². The van der Waals surface area contributed by atoms with Crippen LogP contribution in [-0.4, -0.2) is 30.6 Å². The highest BCUT2D eigenvalue weighted by atomic mass is 32.1. The summed E-state index contributed by atoms with van der Waals surface area (Å²) >= 11 is 1.43. The van der Waals surface area contributed by atoms with Crippen LogP contribution in [0.1, 0.15) is 18.7 Å². The largest absolute Gasteiger partial charge is 0.388 e. The third-order valence-corrected chi connectivity index (χ3v) is 2.52. The second-order valence-corrected chi connectivity index (χ2v) is 3.92. The molecule has 1 atom stereocenters. The number of rotatable bonds is 4. The highest BCUT2D eigenvalue weighted by Gasteiger charge is 2.07. The van der Waals surface area contributed by atoms with Gasteiger partial charge in [0.1, 0.15) is 0 Å². The summed E-state index contributed by atoms with van der Waals surface area (Å²) < 4.78 is 7.72. The Bertz CT molecular complexity index is 246. The maximum Gasteiger partial charge on any atom is 0.0894 e. The first-order valence-corrected chi connectivity index (χ1v) is 4.81. The first-order chi connectivity index (χ1) is 6.02. The molecule has 0 fully saturated rings. The van der Waals surface area contributed by atoms with Crippen molar-refractivity contribution in [2.24, 2.45) is 0 Å². The summed E-state index contributed by atoms with van der Waals surface area (Å²) in [5.41, 5.74) is 0. The van der Waals surface area contributed by atoms with E-state index in [-0.39, 0.29) is 0 Å². The fourth-order valence-corrected chi connectivity index (χ4v) is 1.59. The monoisotopic (exact) mass is 186 g/mol. The van der Waals surface area contributed by atoms with E-state index in [2.05, 4.69) is 0 Å². The van der Waals surface area contributed by atoms with Gasteiger partial charge in [-0.05, 0) is 32.0 Å². The highest BCUT2D eigenvalue weighted by Crippen LogP contribution is 2.21. The number of hydrogen-bond acceptors (Lipinski definition) is 3. The maximum atomic E-state index is 9.77. The molecule has 3 heteroatoms. The zero-order chi connectivity index (χ0) is 9.90. The average molecular weight is 186 g/mol. The summed E-state index contributed by atoms with van der Waals surface area (Å²) in [5, 5.41) is 11.7. The van der Waals surface area contributed by atoms with Gasteiger partial charge >= 0.3 is 0 Å². The van der Waals surface area contributed by atoms with Gasteiger partial charge in [-0.3, -0.25) is 0 Å². The molecule has 0 unspecified atom stereocenters. The van der Waals surface area contributed by atoms with Gasteiger partial charge in [0, 0.05) is 11.4 Å². The summed E-state index contributed by atoms with van der Waals surface area (Å²) in [5.74, 6) is 0. The van der Waals surface area contributed by atoms with Gasteiger partial charge in [0.05, 0.1) is 7.45 Å². The summed E-state index contributed by atoms with van der Waals surface area (Å²) in [7, 11) is 3.87. The van der Waals surface area contributed by atoms with Crippen molar-refractivity contribution >= 4 is 11.3 Å². The van der Waals surface area contributed by atoms with Gasteiger partial charge in [-0.2, -0.15) is 0 Å². The molecule has 1 heterocycles. The Hall–Kier alpha value is -0.380. The molecule has 2 nitrogen and oxygen atoms in total. The summed E-state index contributed by atoms with van der Waals surface area (Å²) in [6.45, 7) is 0.720. The molecule has 0 saturated heterocycles. The van der Waals surface area contributed by atoms with E-state index in [0.717, 1.165) is 6.54 Å². The molecule has 12 heavy (non-hydrogen) atoms.